The van der Waals surface area contributed by atoms with Gasteiger partial charge in [-0.1, -0.05) is 0 Å². The van der Waals surface area contributed by atoms with Crippen LogP contribution in [0, 0.1) is 12.7 Å². The molecule has 1 aliphatic heterocycles. The lowest BCUT2D eigenvalue weighted by atomic mass is 10.0. The number of carbonyl (C=O) groups is 1. The molecule has 1 aliphatic rings. The van der Waals surface area contributed by atoms with Gasteiger partial charge in [0, 0.05) is 23.5 Å². The predicted molar refractivity (Wildman–Crippen MR) is 105 cm³/mol. The number of aryl methyl sites for hydroxylation is 1. The Morgan fingerprint density at radius 3 is 2.57 bits per heavy atom. The summed E-state index contributed by atoms with van der Waals surface area (Å²) in [6.07, 6.45) is -1.64. The van der Waals surface area contributed by atoms with Crippen LogP contribution in [0.5, 0.6) is 0 Å². The standard InChI is InChI=1S/C20H17F4N3O2S/c1-11-16(12-6-13(20(22,23)24)8-14(21)7-12)17-18(30-11)25-10-27(19(17)29)9-15(28)26-4-2-3-5-26/h6-8,10H,2-5,9H2,1H3. The second kappa shape index (κ2) is 7.50. The molecule has 10 heteroatoms. The Hall–Kier alpha value is -2.75. The van der Waals surface area contributed by atoms with Gasteiger partial charge in [0.1, 0.15) is 17.2 Å². The van der Waals surface area contributed by atoms with Gasteiger partial charge in [-0.3, -0.25) is 14.2 Å². The summed E-state index contributed by atoms with van der Waals surface area (Å²) in [5, 5.41) is 0.0907. The fourth-order valence-corrected chi connectivity index (χ4v) is 4.71. The highest BCUT2D eigenvalue weighted by atomic mass is 32.1. The predicted octanol–water partition coefficient (Wildman–Crippen LogP) is 4.21. The molecule has 0 atom stereocenters. The van der Waals surface area contributed by atoms with Crippen LogP contribution >= 0.6 is 11.3 Å². The molecule has 30 heavy (non-hydrogen) atoms. The highest BCUT2D eigenvalue weighted by molar-refractivity contribution is 7.19. The number of benzene rings is 1. The number of thiophene rings is 1. The molecule has 3 aromatic rings. The summed E-state index contributed by atoms with van der Waals surface area (Å²) in [4.78, 5) is 32.3. The maximum Gasteiger partial charge on any atom is 0.416 e. The Bertz CT molecular complexity index is 1190. The molecule has 1 fully saturated rings. The van der Waals surface area contributed by atoms with Crippen LogP contribution in [0.25, 0.3) is 21.3 Å². The number of halogens is 4. The summed E-state index contributed by atoms with van der Waals surface area (Å²) in [6.45, 7) is 2.71. The van der Waals surface area contributed by atoms with E-state index >= 15 is 0 Å². The third-order valence-corrected chi connectivity index (χ3v) is 6.15. The molecule has 0 saturated carbocycles. The van der Waals surface area contributed by atoms with Crippen LogP contribution in [0.4, 0.5) is 17.6 Å². The van der Waals surface area contributed by atoms with Gasteiger partial charge in [-0.05, 0) is 43.5 Å². The van der Waals surface area contributed by atoms with Gasteiger partial charge < -0.3 is 4.90 Å². The first-order valence-corrected chi connectivity index (χ1v) is 10.1. The van der Waals surface area contributed by atoms with E-state index in [0.717, 1.165) is 40.9 Å². The molecule has 0 radical (unpaired) electrons. The Labute approximate surface area is 172 Å². The van der Waals surface area contributed by atoms with Gasteiger partial charge in [-0.25, -0.2) is 9.37 Å². The van der Waals surface area contributed by atoms with E-state index in [-0.39, 0.29) is 29.0 Å². The molecule has 0 aliphatic carbocycles. The molecular formula is C20H17F4N3O2S. The molecule has 0 bridgehead atoms. The Kier molecular flexibility index (Phi) is 5.13. The molecule has 3 heterocycles. The van der Waals surface area contributed by atoms with E-state index in [1.54, 1.807) is 11.8 Å². The van der Waals surface area contributed by atoms with Crippen molar-refractivity contribution in [3.05, 3.63) is 51.1 Å². The van der Waals surface area contributed by atoms with E-state index in [2.05, 4.69) is 4.98 Å². The highest BCUT2D eigenvalue weighted by Gasteiger charge is 2.32. The topological polar surface area (TPSA) is 55.2 Å². The van der Waals surface area contributed by atoms with E-state index in [0.29, 0.717) is 28.9 Å². The van der Waals surface area contributed by atoms with Crippen LogP contribution in [0.1, 0.15) is 23.3 Å². The molecule has 4 rings (SSSR count). The monoisotopic (exact) mass is 439 g/mol. The summed E-state index contributed by atoms with van der Waals surface area (Å²) in [5.41, 5.74) is -1.51. The van der Waals surface area contributed by atoms with Crippen molar-refractivity contribution >= 4 is 27.5 Å². The second-order valence-corrected chi connectivity index (χ2v) is 8.41. The van der Waals surface area contributed by atoms with Crippen molar-refractivity contribution in [3.63, 3.8) is 0 Å². The van der Waals surface area contributed by atoms with E-state index < -0.39 is 23.1 Å². The van der Waals surface area contributed by atoms with Gasteiger partial charge >= 0.3 is 6.18 Å². The zero-order valence-corrected chi connectivity index (χ0v) is 16.7. The summed E-state index contributed by atoms with van der Waals surface area (Å²) in [7, 11) is 0. The first-order valence-electron chi connectivity index (χ1n) is 9.29. The van der Waals surface area contributed by atoms with Crippen molar-refractivity contribution in [3.8, 4) is 11.1 Å². The number of hydrogen-bond donors (Lipinski definition) is 0. The second-order valence-electron chi connectivity index (χ2n) is 7.21. The third-order valence-electron chi connectivity index (χ3n) is 5.13. The average Bonchev–Trinajstić information content (AvgIpc) is 3.30. The first-order chi connectivity index (χ1) is 14.1. The van der Waals surface area contributed by atoms with Crippen molar-refractivity contribution in [1.29, 1.82) is 0 Å². The number of rotatable bonds is 3. The minimum absolute atomic E-state index is 0.0476. The number of nitrogens with zero attached hydrogens (tertiary/aromatic N) is 3. The van der Waals surface area contributed by atoms with Gasteiger partial charge in [0.15, 0.2) is 0 Å². The van der Waals surface area contributed by atoms with Crippen molar-refractivity contribution in [2.75, 3.05) is 13.1 Å². The lowest BCUT2D eigenvalue weighted by molar-refractivity contribution is -0.137. The minimum atomic E-state index is -4.73. The largest absolute Gasteiger partial charge is 0.416 e. The van der Waals surface area contributed by atoms with E-state index in [1.165, 1.54) is 6.33 Å². The van der Waals surface area contributed by atoms with E-state index in [1.807, 2.05) is 0 Å². The first kappa shape index (κ1) is 20.5. The molecule has 0 spiro atoms. The van der Waals surface area contributed by atoms with Gasteiger partial charge in [0.05, 0.1) is 17.3 Å². The SMILES string of the molecule is Cc1sc2ncn(CC(=O)N3CCCC3)c(=O)c2c1-c1cc(F)cc(C(F)(F)F)c1. The molecule has 1 saturated heterocycles. The number of likely N-dealkylation sites (tertiary alicyclic amines) is 1. The molecule has 5 nitrogen and oxygen atoms in total. The van der Waals surface area contributed by atoms with Crippen LogP contribution in [0.15, 0.2) is 29.3 Å². The Morgan fingerprint density at radius 2 is 1.90 bits per heavy atom. The highest BCUT2D eigenvalue weighted by Crippen LogP contribution is 2.39. The van der Waals surface area contributed by atoms with Crippen molar-refractivity contribution in [1.82, 2.24) is 14.5 Å². The lowest BCUT2D eigenvalue weighted by Crippen LogP contribution is -2.34. The Morgan fingerprint density at radius 1 is 1.20 bits per heavy atom. The van der Waals surface area contributed by atoms with E-state index in [9.17, 15) is 27.2 Å². The van der Waals surface area contributed by atoms with Crippen LogP contribution < -0.4 is 5.56 Å². The van der Waals surface area contributed by atoms with Crippen molar-refractivity contribution in [2.45, 2.75) is 32.5 Å². The average molecular weight is 439 g/mol. The summed E-state index contributed by atoms with van der Waals surface area (Å²) >= 11 is 1.14. The number of carbonyl (C=O) groups excluding carboxylic acids is 1. The quantitative estimate of drug-likeness (QED) is 0.575. The fraction of sp³-hybridized carbons (Fsp3) is 0.350. The third kappa shape index (κ3) is 3.71. The van der Waals surface area contributed by atoms with Crippen molar-refractivity contribution in [2.24, 2.45) is 0 Å². The zero-order chi connectivity index (χ0) is 21.6. The maximum atomic E-state index is 14.0. The van der Waals surface area contributed by atoms with Gasteiger partial charge in [-0.15, -0.1) is 11.3 Å². The molecule has 1 aromatic carbocycles. The summed E-state index contributed by atoms with van der Waals surface area (Å²) in [5.74, 6) is -1.26. The molecule has 158 valence electrons. The molecule has 1 amide bonds. The van der Waals surface area contributed by atoms with Gasteiger partial charge in [-0.2, -0.15) is 13.2 Å². The summed E-state index contributed by atoms with van der Waals surface area (Å²) < 4.78 is 54.6. The number of alkyl halides is 3. The molecule has 0 unspecified atom stereocenters. The normalized spacial score (nSPS) is 14.6. The van der Waals surface area contributed by atoms with E-state index in [4.69, 9.17) is 0 Å². The van der Waals surface area contributed by atoms with Gasteiger partial charge in [0.25, 0.3) is 5.56 Å². The number of aromatic nitrogens is 2. The summed E-state index contributed by atoms with van der Waals surface area (Å²) in [6, 6.07) is 2.21. The molecule has 2 aromatic heterocycles. The van der Waals surface area contributed by atoms with Crippen LogP contribution in [-0.2, 0) is 17.5 Å². The molecule has 0 N–H and O–H groups in total. The van der Waals surface area contributed by atoms with Gasteiger partial charge in [0.2, 0.25) is 5.91 Å². The van der Waals surface area contributed by atoms with Crippen molar-refractivity contribution < 1.29 is 22.4 Å². The maximum absolute atomic E-state index is 14.0. The lowest BCUT2D eigenvalue weighted by Gasteiger charge is -2.15. The van der Waals surface area contributed by atoms with Crippen LogP contribution in [-0.4, -0.2) is 33.4 Å². The number of fused-ring (bicyclic) bond motifs is 1. The van der Waals surface area contributed by atoms with Crippen LogP contribution in [0.2, 0.25) is 0 Å². The smallest absolute Gasteiger partial charge is 0.341 e. The number of hydrogen-bond acceptors (Lipinski definition) is 4. The fourth-order valence-electron chi connectivity index (χ4n) is 3.71. The van der Waals surface area contributed by atoms with Crippen LogP contribution in [0.3, 0.4) is 0 Å². The number of amides is 1. The molecular weight excluding hydrogens is 422 g/mol. The minimum Gasteiger partial charge on any atom is -0.341 e. The Balaban J connectivity index is 1.83. The zero-order valence-electron chi connectivity index (χ0n) is 15.9.